The summed E-state index contributed by atoms with van der Waals surface area (Å²) in [5.41, 5.74) is 0.246. The molecule has 0 spiro atoms. The highest BCUT2D eigenvalue weighted by molar-refractivity contribution is 6.01. The Kier molecular flexibility index (Phi) is 6.29. The number of hydrogen-bond donors (Lipinski definition) is 3. The standard InChI is InChI=1S/C24H27FN8O3/c1-26-20-12-19(28-17-7-5-11-32(24(17)35)22-15(25)6-4-10-27-22)30-21-14(13-31(2)33(20)21)23(34)29-16-8-9-18(16)36-3/h4-7,10-12,16,18,28,30H,8-9,13H2,1-3H3,(H,29,34)/t16?,18-/m1/s1. The second-order valence-electron chi connectivity index (χ2n) is 8.68. The van der Waals surface area contributed by atoms with E-state index < -0.39 is 11.4 Å². The average Bonchev–Trinajstić information content (AvgIpc) is 3.20. The average molecular weight is 495 g/mol. The second-order valence-corrected chi connectivity index (χ2v) is 8.68. The lowest BCUT2D eigenvalue weighted by Gasteiger charge is -2.36. The fourth-order valence-corrected chi connectivity index (χ4v) is 4.48. The zero-order chi connectivity index (χ0) is 25.4. The van der Waals surface area contributed by atoms with Crippen molar-refractivity contribution in [2.75, 3.05) is 33.1 Å². The number of amidine groups is 1. The van der Waals surface area contributed by atoms with Gasteiger partial charge in [-0.2, -0.15) is 0 Å². The highest BCUT2D eigenvalue weighted by Crippen LogP contribution is 2.28. The smallest absolute Gasteiger partial charge is 0.280 e. The van der Waals surface area contributed by atoms with E-state index in [0.717, 1.165) is 17.4 Å². The number of likely N-dealkylation sites (N-methyl/N-ethyl adjacent to an activating group) is 1. The molecular formula is C24H27FN8O3. The predicted molar refractivity (Wildman–Crippen MR) is 131 cm³/mol. The number of nitrogens with zero attached hydrogens (tertiary/aromatic N) is 5. The molecule has 0 aromatic carbocycles. The first-order chi connectivity index (χ1) is 17.4. The van der Waals surface area contributed by atoms with E-state index in [1.54, 1.807) is 37.4 Å². The van der Waals surface area contributed by atoms with Gasteiger partial charge in [0.2, 0.25) is 0 Å². The molecule has 188 valence electrons. The van der Waals surface area contributed by atoms with Crippen molar-refractivity contribution in [2.45, 2.75) is 25.0 Å². The molecule has 11 nitrogen and oxygen atoms in total. The third-order valence-corrected chi connectivity index (χ3v) is 6.49. The van der Waals surface area contributed by atoms with E-state index in [4.69, 9.17) is 4.74 Å². The van der Waals surface area contributed by atoms with E-state index >= 15 is 0 Å². The van der Waals surface area contributed by atoms with E-state index in [1.165, 1.54) is 24.5 Å². The summed E-state index contributed by atoms with van der Waals surface area (Å²) in [5.74, 6) is 0.658. The van der Waals surface area contributed by atoms with E-state index in [0.29, 0.717) is 29.6 Å². The number of aliphatic imine (C=N–C) groups is 1. The number of halogens is 1. The molecule has 1 saturated carbocycles. The van der Waals surface area contributed by atoms with Gasteiger partial charge in [0.05, 0.1) is 24.3 Å². The molecule has 5 rings (SSSR count). The van der Waals surface area contributed by atoms with Crippen molar-refractivity contribution < 1.29 is 13.9 Å². The summed E-state index contributed by atoms with van der Waals surface area (Å²) in [6.07, 6.45) is 6.40. The van der Waals surface area contributed by atoms with Gasteiger partial charge in [-0.1, -0.05) is 0 Å². The van der Waals surface area contributed by atoms with E-state index in [-0.39, 0.29) is 29.6 Å². The molecule has 1 fully saturated rings. The van der Waals surface area contributed by atoms with Crippen LogP contribution in [0.25, 0.3) is 5.82 Å². The lowest BCUT2D eigenvalue weighted by atomic mass is 9.89. The molecule has 2 aromatic rings. The number of amides is 1. The number of nitrogens with one attached hydrogen (secondary N) is 3. The Morgan fingerprint density at radius 1 is 1.31 bits per heavy atom. The molecular weight excluding hydrogens is 467 g/mol. The van der Waals surface area contributed by atoms with Gasteiger partial charge in [-0.05, 0) is 37.1 Å². The molecule has 2 aromatic heterocycles. The molecule has 0 saturated heterocycles. The van der Waals surface area contributed by atoms with Gasteiger partial charge in [0.15, 0.2) is 11.6 Å². The van der Waals surface area contributed by atoms with Crippen LogP contribution < -0.4 is 21.5 Å². The molecule has 0 bridgehead atoms. The second kappa shape index (κ2) is 9.55. The number of anilines is 1. The summed E-state index contributed by atoms with van der Waals surface area (Å²) in [6, 6.07) is 5.88. The number of pyridine rings is 2. The Labute approximate surface area is 206 Å². The van der Waals surface area contributed by atoms with Gasteiger partial charge in [0.1, 0.15) is 23.2 Å². The summed E-state index contributed by atoms with van der Waals surface area (Å²) in [6.45, 7) is 0.371. The minimum absolute atomic E-state index is 0.0168. The number of carbonyl (C=O) groups is 1. The SMILES string of the molecule is CN=C1C=C(Nc2cccn(-c3ncccc3F)c2=O)NC2=C(C(=O)NC3CC[C@H]3OC)CN(C)N12. The number of fused-ring (bicyclic) bond motifs is 1. The molecule has 3 N–H and O–H groups in total. The first kappa shape index (κ1) is 23.7. The molecule has 12 heteroatoms. The van der Waals surface area contributed by atoms with Gasteiger partial charge in [0, 0.05) is 39.7 Å². The number of rotatable bonds is 6. The Hall–Kier alpha value is -4.03. The monoisotopic (exact) mass is 494 g/mol. The molecule has 0 radical (unpaired) electrons. The fourth-order valence-electron chi connectivity index (χ4n) is 4.48. The summed E-state index contributed by atoms with van der Waals surface area (Å²) in [7, 11) is 5.15. The van der Waals surface area contributed by atoms with Crippen molar-refractivity contribution >= 4 is 17.4 Å². The molecule has 1 unspecified atom stereocenters. The zero-order valence-corrected chi connectivity index (χ0v) is 20.2. The van der Waals surface area contributed by atoms with Crippen LogP contribution in [0.5, 0.6) is 0 Å². The minimum Gasteiger partial charge on any atom is -0.379 e. The molecule has 2 atom stereocenters. The third kappa shape index (κ3) is 4.14. The van der Waals surface area contributed by atoms with Gasteiger partial charge in [0.25, 0.3) is 11.5 Å². The number of hydrazine groups is 1. The van der Waals surface area contributed by atoms with Crippen molar-refractivity contribution in [1.82, 2.24) is 30.2 Å². The highest BCUT2D eigenvalue weighted by Gasteiger charge is 2.39. The summed E-state index contributed by atoms with van der Waals surface area (Å²) in [4.78, 5) is 34.6. The number of methoxy groups -OCH3 is 1. The van der Waals surface area contributed by atoms with Crippen LogP contribution in [0.3, 0.4) is 0 Å². The molecule has 36 heavy (non-hydrogen) atoms. The molecule has 1 aliphatic carbocycles. The van der Waals surface area contributed by atoms with Gasteiger partial charge < -0.3 is 20.7 Å². The highest BCUT2D eigenvalue weighted by atomic mass is 19.1. The molecule has 3 aliphatic rings. The van der Waals surface area contributed by atoms with Crippen LogP contribution in [-0.4, -0.2) is 71.2 Å². The Balaban J connectivity index is 1.44. The largest absolute Gasteiger partial charge is 0.379 e. The van der Waals surface area contributed by atoms with Crippen LogP contribution in [0.4, 0.5) is 10.1 Å². The van der Waals surface area contributed by atoms with Crippen LogP contribution in [0.15, 0.2) is 69.7 Å². The number of ether oxygens (including phenoxy) is 1. The van der Waals surface area contributed by atoms with Crippen LogP contribution in [0.2, 0.25) is 0 Å². The molecule has 2 aliphatic heterocycles. The lowest BCUT2D eigenvalue weighted by Crippen LogP contribution is -2.51. The first-order valence-corrected chi connectivity index (χ1v) is 11.5. The van der Waals surface area contributed by atoms with Crippen molar-refractivity contribution in [1.29, 1.82) is 0 Å². The molecule has 1 amide bonds. The topological polar surface area (TPSA) is 116 Å². The number of carbonyl (C=O) groups excluding carboxylic acids is 1. The van der Waals surface area contributed by atoms with Crippen LogP contribution in [0, 0.1) is 5.82 Å². The van der Waals surface area contributed by atoms with Crippen LogP contribution in [0.1, 0.15) is 12.8 Å². The Morgan fingerprint density at radius 3 is 2.83 bits per heavy atom. The zero-order valence-electron chi connectivity index (χ0n) is 20.2. The van der Waals surface area contributed by atoms with Crippen molar-refractivity contribution in [3.8, 4) is 5.82 Å². The van der Waals surface area contributed by atoms with E-state index in [1.807, 2.05) is 12.1 Å². The van der Waals surface area contributed by atoms with Gasteiger partial charge >= 0.3 is 0 Å². The first-order valence-electron chi connectivity index (χ1n) is 11.5. The normalized spacial score (nSPS) is 22.6. The van der Waals surface area contributed by atoms with Gasteiger partial charge in [-0.25, -0.2) is 19.4 Å². The van der Waals surface area contributed by atoms with Crippen LogP contribution >= 0.6 is 0 Å². The summed E-state index contributed by atoms with van der Waals surface area (Å²) < 4.78 is 20.8. The predicted octanol–water partition coefficient (Wildman–Crippen LogP) is 0.924. The Morgan fingerprint density at radius 2 is 2.14 bits per heavy atom. The maximum Gasteiger partial charge on any atom is 0.280 e. The van der Waals surface area contributed by atoms with Crippen LogP contribution in [-0.2, 0) is 9.53 Å². The van der Waals surface area contributed by atoms with Gasteiger partial charge in [-0.3, -0.25) is 19.1 Å². The quantitative estimate of drug-likeness (QED) is 0.543. The summed E-state index contributed by atoms with van der Waals surface area (Å²) >= 11 is 0. The third-order valence-electron chi connectivity index (χ3n) is 6.49. The lowest BCUT2D eigenvalue weighted by molar-refractivity contribution is -0.121. The number of aromatic nitrogens is 2. The maximum absolute atomic E-state index is 14.3. The van der Waals surface area contributed by atoms with Crippen molar-refractivity contribution in [2.24, 2.45) is 4.99 Å². The minimum atomic E-state index is -0.611. The Bertz CT molecular complexity index is 1350. The van der Waals surface area contributed by atoms with Gasteiger partial charge in [-0.15, -0.1) is 0 Å². The number of hydrogen-bond acceptors (Lipinski definition) is 8. The van der Waals surface area contributed by atoms with E-state index in [2.05, 4.69) is 25.9 Å². The maximum atomic E-state index is 14.3. The summed E-state index contributed by atoms with van der Waals surface area (Å²) in [5, 5.41) is 13.0. The van der Waals surface area contributed by atoms with Crippen molar-refractivity contribution in [3.63, 3.8) is 0 Å². The molecule has 4 heterocycles. The van der Waals surface area contributed by atoms with E-state index in [9.17, 15) is 14.0 Å². The van der Waals surface area contributed by atoms with Crippen molar-refractivity contribution in [3.05, 3.63) is 76.1 Å². The fraction of sp³-hybridized carbons (Fsp3) is 0.333.